The third-order valence-electron chi connectivity index (χ3n) is 3.78. The van der Waals surface area contributed by atoms with Crippen LogP contribution < -0.4 is 11.1 Å². The maximum Gasteiger partial charge on any atom is 0.190 e. The maximum atomic E-state index is 5.95. The molecular formula is C16H25BrN4O. The first-order valence-corrected chi connectivity index (χ1v) is 8.55. The molecule has 1 unspecified atom stereocenters. The molecule has 0 spiro atoms. The van der Waals surface area contributed by atoms with Crippen molar-refractivity contribution in [1.82, 2.24) is 10.2 Å². The van der Waals surface area contributed by atoms with Crippen LogP contribution in [-0.4, -0.2) is 44.1 Å². The first kappa shape index (κ1) is 17.2. The van der Waals surface area contributed by atoms with Gasteiger partial charge < -0.3 is 20.7 Å². The van der Waals surface area contributed by atoms with Gasteiger partial charge in [-0.1, -0.05) is 28.1 Å². The van der Waals surface area contributed by atoms with Gasteiger partial charge in [-0.3, -0.25) is 4.99 Å². The van der Waals surface area contributed by atoms with Gasteiger partial charge in [0.25, 0.3) is 0 Å². The van der Waals surface area contributed by atoms with Crippen molar-refractivity contribution < 1.29 is 4.74 Å². The molecule has 1 fully saturated rings. The molecular weight excluding hydrogens is 344 g/mol. The van der Waals surface area contributed by atoms with Crippen LogP contribution in [0.3, 0.4) is 0 Å². The molecule has 5 nitrogen and oxygen atoms in total. The highest BCUT2D eigenvalue weighted by Crippen LogP contribution is 2.18. The van der Waals surface area contributed by atoms with Crippen LogP contribution in [0.4, 0.5) is 0 Å². The number of benzene rings is 1. The average Bonchev–Trinajstić information content (AvgIpc) is 3.02. The second-order valence-corrected chi connectivity index (χ2v) is 6.40. The zero-order valence-electron chi connectivity index (χ0n) is 13.1. The summed E-state index contributed by atoms with van der Waals surface area (Å²) in [7, 11) is 1.65. The lowest BCUT2D eigenvalue weighted by Crippen LogP contribution is -2.36. The monoisotopic (exact) mass is 368 g/mol. The molecule has 1 aromatic rings. The van der Waals surface area contributed by atoms with Gasteiger partial charge in [-0.05, 0) is 51.0 Å². The number of likely N-dealkylation sites (tertiary alicyclic amines) is 1. The highest BCUT2D eigenvalue weighted by Gasteiger charge is 2.12. The molecule has 2 rings (SSSR count). The quantitative estimate of drug-likeness (QED) is 0.336. The van der Waals surface area contributed by atoms with Crippen molar-refractivity contribution in [2.45, 2.75) is 25.5 Å². The van der Waals surface area contributed by atoms with E-state index in [1.165, 1.54) is 25.9 Å². The van der Waals surface area contributed by atoms with Crippen molar-refractivity contribution >= 4 is 21.9 Å². The van der Waals surface area contributed by atoms with Crippen LogP contribution in [0.2, 0.25) is 0 Å². The number of guanidine groups is 1. The Hall–Kier alpha value is -1.11. The predicted octanol–water partition coefficient (Wildman–Crippen LogP) is 2.48. The Morgan fingerprint density at radius 1 is 1.45 bits per heavy atom. The van der Waals surface area contributed by atoms with Gasteiger partial charge in [0, 0.05) is 23.7 Å². The molecule has 22 heavy (non-hydrogen) atoms. The molecule has 0 aliphatic carbocycles. The summed E-state index contributed by atoms with van der Waals surface area (Å²) in [6, 6.07) is 7.94. The van der Waals surface area contributed by atoms with E-state index in [1.807, 2.05) is 24.3 Å². The van der Waals surface area contributed by atoms with E-state index in [9.17, 15) is 0 Å². The fourth-order valence-electron chi connectivity index (χ4n) is 2.63. The number of hydrogen-bond donors (Lipinski definition) is 2. The Labute approximate surface area is 141 Å². The number of aliphatic imine (C=N–C) groups is 1. The molecule has 0 radical (unpaired) electrons. The van der Waals surface area contributed by atoms with Crippen LogP contribution in [0.5, 0.6) is 0 Å². The first-order valence-electron chi connectivity index (χ1n) is 7.76. The van der Waals surface area contributed by atoms with Crippen LogP contribution in [0.25, 0.3) is 0 Å². The van der Waals surface area contributed by atoms with Gasteiger partial charge in [-0.25, -0.2) is 0 Å². The molecule has 1 aromatic carbocycles. The predicted molar refractivity (Wildman–Crippen MR) is 93.8 cm³/mol. The minimum absolute atomic E-state index is 0.292. The number of methoxy groups -OCH3 is 1. The molecule has 1 saturated heterocycles. The maximum absolute atomic E-state index is 5.95. The van der Waals surface area contributed by atoms with Crippen molar-refractivity contribution in [1.29, 1.82) is 0 Å². The Morgan fingerprint density at radius 3 is 2.91 bits per heavy atom. The summed E-state index contributed by atoms with van der Waals surface area (Å²) >= 11 is 3.46. The smallest absolute Gasteiger partial charge is 0.190 e. The van der Waals surface area contributed by atoms with E-state index in [2.05, 4.69) is 31.1 Å². The van der Waals surface area contributed by atoms with E-state index < -0.39 is 0 Å². The zero-order chi connectivity index (χ0) is 15.8. The Balaban J connectivity index is 1.78. The molecule has 1 heterocycles. The van der Waals surface area contributed by atoms with Crippen LogP contribution >= 0.6 is 15.9 Å². The normalized spacial score (nSPS) is 17.6. The molecule has 1 aliphatic rings. The second-order valence-electron chi connectivity index (χ2n) is 5.48. The lowest BCUT2D eigenvalue weighted by molar-refractivity contribution is 0.0907. The van der Waals surface area contributed by atoms with Crippen molar-refractivity contribution in [2.24, 2.45) is 10.7 Å². The number of nitrogens with one attached hydrogen (secondary N) is 1. The van der Waals surface area contributed by atoms with Gasteiger partial charge in [0.1, 0.15) is 0 Å². The Kier molecular flexibility index (Phi) is 7.15. The number of nitrogens with two attached hydrogens (primary N) is 1. The van der Waals surface area contributed by atoms with E-state index in [4.69, 9.17) is 10.5 Å². The molecule has 0 amide bonds. The van der Waals surface area contributed by atoms with Crippen molar-refractivity contribution in [3.63, 3.8) is 0 Å². The molecule has 1 atom stereocenters. The standard InChI is InChI=1S/C16H25BrN4O/c1-22-15(13-6-4-7-14(17)12-13)20-16(18)19-8-5-11-21-9-2-3-10-21/h4,6-7,12,15H,2-3,5,8-11H2,1H3,(H3,18,19,20). The molecule has 0 bridgehead atoms. The second kappa shape index (κ2) is 9.12. The summed E-state index contributed by atoms with van der Waals surface area (Å²) in [5, 5.41) is 3.11. The van der Waals surface area contributed by atoms with Gasteiger partial charge in [0.05, 0.1) is 0 Å². The summed E-state index contributed by atoms with van der Waals surface area (Å²) in [4.78, 5) is 6.87. The number of halogens is 1. The number of hydrogen-bond acceptors (Lipinski definition) is 3. The highest BCUT2D eigenvalue weighted by atomic mass is 79.9. The minimum atomic E-state index is -0.292. The topological polar surface area (TPSA) is 62.9 Å². The molecule has 1 aliphatic heterocycles. The van der Waals surface area contributed by atoms with E-state index in [1.54, 1.807) is 7.11 Å². The molecule has 0 aromatic heterocycles. The van der Waals surface area contributed by atoms with Gasteiger partial charge in [0.2, 0.25) is 0 Å². The Bertz CT molecular complexity index is 489. The average molecular weight is 369 g/mol. The van der Waals surface area contributed by atoms with Crippen molar-refractivity contribution in [3.8, 4) is 0 Å². The minimum Gasteiger partial charge on any atom is -0.370 e. The van der Waals surface area contributed by atoms with Gasteiger partial charge in [-0.15, -0.1) is 0 Å². The van der Waals surface area contributed by atoms with Crippen LogP contribution in [0.1, 0.15) is 31.1 Å². The summed E-state index contributed by atoms with van der Waals surface area (Å²) in [6.45, 7) is 4.30. The van der Waals surface area contributed by atoms with E-state index >= 15 is 0 Å². The Morgan fingerprint density at radius 2 is 2.23 bits per heavy atom. The van der Waals surface area contributed by atoms with Gasteiger partial charge in [-0.2, -0.15) is 0 Å². The fourth-order valence-corrected chi connectivity index (χ4v) is 3.04. The fraction of sp³-hybridized carbons (Fsp3) is 0.562. The number of ether oxygens (including phenoxy) is 1. The largest absolute Gasteiger partial charge is 0.370 e. The number of rotatable bonds is 7. The third kappa shape index (κ3) is 5.59. The molecule has 6 heteroatoms. The van der Waals surface area contributed by atoms with E-state index in [0.717, 1.165) is 29.5 Å². The van der Waals surface area contributed by atoms with Crippen LogP contribution in [0, 0.1) is 0 Å². The summed E-state index contributed by atoms with van der Waals surface area (Å²) in [5.41, 5.74) is 6.96. The van der Waals surface area contributed by atoms with Gasteiger partial charge >= 0.3 is 0 Å². The summed E-state index contributed by atoms with van der Waals surface area (Å²) in [6.07, 6.45) is 3.40. The van der Waals surface area contributed by atoms with Gasteiger partial charge in [0.15, 0.2) is 12.2 Å². The van der Waals surface area contributed by atoms with Crippen LogP contribution in [0.15, 0.2) is 33.7 Å². The zero-order valence-corrected chi connectivity index (χ0v) is 14.7. The van der Waals surface area contributed by atoms with Crippen molar-refractivity contribution in [2.75, 3.05) is 33.3 Å². The summed E-state index contributed by atoms with van der Waals surface area (Å²) < 4.78 is 6.46. The van der Waals surface area contributed by atoms with E-state index in [0.29, 0.717) is 5.96 Å². The molecule has 122 valence electrons. The first-order chi connectivity index (χ1) is 10.7. The SMILES string of the molecule is COC(NC(N)=NCCCN1CCCC1)c1cccc(Br)c1. The van der Waals surface area contributed by atoms with Crippen LogP contribution in [-0.2, 0) is 4.74 Å². The summed E-state index contributed by atoms with van der Waals surface area (Å²) in [5.74, 6) is 0.424. The third-order valence-corrected chi connectivity index (χ3v) is 4.27. The molecule has 3 N–H and O–H groups in total. The highest BCUT2D eigenvalue weighted by molar-refractivity contribution is 9.10. The van der Waals surface area contributed by atoms with E-state index in [-0.39, 0.29) is 6.23 Å². The lowest BCUT2D eigenvalue weighted by atomic mass is 10.2. The lowest BCUT2D eigenvalue weighted by Gasteiger charge is -2.18. The molecule has 0 saturated carbocycles. The number of nitrogens with zero attached hydrogens (tertiary/aromatic N) is 2. The van der Waals surface area contributed by atoms with Crippen molar-refractivity contribution in [3.05, 3.63) is 34.3 Å².